The second kappa shape index (κ2) is 5.15. The molecule has 1 amide bonds. The highest BCUT2D eigenvalue weighted by molar-refractivity contribution is 5.95. The summed E-state index contributed by atoms with van der Waals surface area (Å²) in [6.45, 7) is 0. The van der Waals surface area contributed by atoms with Crippen molar-refractivity contribution in [1.82, 2.24) is 0 Å². The Hall–Kier alpha value is -2.60. The third-order valence-electron chi connectivity index (χ3n) is 2.40. The van der Waals surface area contributed by atoms with Gasteiger partial charge in [-0.3, -0.25) is 4.79 Å². The van der Waals surface area contributed by atoms with Crippen molar-refractivity contribution in [3.05, 3.63) is 71.0 Å². The largest absolute Gasteiger partial charge is 0.366 e. The van der Waals surface area contributed by atoms with Gasteiger partial charge in [-0.2, -0.15) is 0 Å². The van der Waals surface area contributed by atoms with Gasteiger partial charge in [-0.25, -0.2) is 4.39 Å². The van der Waals surface area contributed by atoms with Crippen LogP contribution in [0.1, 0.15) is 21.5 Å². The average molecular weight is 239 g/mol. The molecule has 0 aliphatic carbocycles. The van der Waals surface area contributed by atoms with Gasteiger partial charge in [0.25, 0.3) is 0 Å². The van der Waals surface area contributed by atoms with E-state index in [1.807, 2.05) is 0 Å². The summed E-state index contributed by atoms with van der Waals surface area (Å²) < 4.78 is 13.4. The van der Waals surface area contributed by atoms with Gasteiger partial charge in [0.2, 0.25) is 5.91 Å². The van der Waals surface area contributed by atoms with Crippen LogP contribution >= 0.6 is 0 Å². The highest BCUT2D eigenvalue weighted by atomic mass is 19.1. The molecule has 2 nitrogen and oxygen atoms in total. The molecule has 0 saturated carbocycles. The maximum absolute atomic E-state index is 13.4. The van der Waals surface area contributed by atoms with E-state index in [9.17, 15) is 9.18 Å². The van der Waals surface area contributed by atoms with E-state index in [1.165, 1.54) is 6.07 Å². The molecule has 0 atom stereocenters. The molecule has 0 aliphatic heterocycles. The molecule has 88 valence electrons. The average Bonchev–Trinajstić information content (AvgIpc) is 2.38. The Morgan fingerprint density at radius 3 is 2.17 bits per heavy atom. The zero-order valence-corrected chi connectivity index (χ0v) is 9.48. The van der Waals surface area contributed by atoms with Crippen molar-refractivity contribution >= 4 is 5.91 Å². The van der Waals surface area contributed by atoms with Gasteiger partial charge >= 0.3 is 0 Å². The molecular formula is C15H10FNO. The second-order valence-electron chi connectivity index (χ2n) is 3.64. The Labute approximate surface area is 104 Å². The molecule has 0 unspecified atom stereocenters. The lowest BCUT2D eigenvalue weighted by Crippen LogP contribution is -2.12. The molecule has 0 saturated heterocycles. The van der Waals surface area contributed by atoms with E-state index >= 15 is 0 Å². The minimum atomic E-state index is -0.548. The van der Waals surface area contributed by atoms with Crippen LogP contribution in [0.5, 0.6) is 0 Å². The summed E-state index contributed by atoms with van der Waals surface area (Å²) in [6.07, 6.45) is 0. The summed E-state index contributed by atoms with van der Waals surface area (Å²) in [7, 11) is 0. The number of amides is 1. The van der Waals surface area contributed by atoms with Crippen LogP contribution in [0.15, 0.2) is 48.5 Å². The standard InChI is InChI=1S/C15H10FNO/c16-14-8-4-2-6-12(14)10-9-11-5-1-3-7-13(11)15(17)18/h1-8H,(H2,17,18). The summed E-state index contributed by atoms with van der Waals surface area (Å²) in [5.41, 5.74) is 6.35. The number of hydrogen-bond donors (Lipinski definition) is 1. The molecule has 0 bridgehead atoms. The third-order valence-corrected chi connectivity index (χ3v) is 2.40. The van der Waals surface area contributed by atoms with E-state index < -0.39 is 5.91 Å². The lowest BCUT2D eigenvalue weighted by atomic mass is 10.1. The molecule has 3 heteroatoms. The smallest absolute Gasteiger partial charge is 0.249 e. The van der Waals surface area contributed by atoms with Crippen LogP contribution in [0.3, 0.4) is 0 Å². The number of carbonyl (C=O) groups excluding carboxylic acids is 1. The summed E-state index contributed by atoms with van der Waals surface area (Å²) in [4.78, 5) is 11.2. The van der Waals surface area contributed by atoms with Crippen LogP contribution in [-0.2, 0) is 0 Å². The first kappa shape index (κ1) is 11.9. The molecule has 0 aromatic heterocycles. The predicted octanol–water partition coefficient (Wildman–Crippen LogP) is 2.32. The minimum absolute atomic E-state index is 0.289. The molecule has 2 N–H and O–H groups in total. The lowest BCUT2D eigenvalue weighted by molar-refractivity contribution is 0.1000. The molecule has 2 aromatic rings. The molecule has 18 heavy (non-hydrogen) atoms. The van der Waals surface area contributed by atoms with Crippen molar-refractivity contribution < 1.29 is 9.18 Å². The van der Waals surface area contributed by atoms with Crippen molar-refractivity contribution in [1.29, 1.82) is 0 Å². The third kappa shape index (κ3) is 2.55. The van der Waals surface area contributed by atoms with Crippen LogP contribution in [-0.4, -0.2) is 5.91 Å². The number of carbonyl (C=O) groups is 1. The van der Waals surface area contributed by atoms with Crippen LogP contribution < -0.4 is 5.73 Å². The summed E-state index contributed by atoms with van der Waals surface area (Å²) in [6, 6.07) is 12.9. The van der Waals surface area contributed by atoms with Crippen LogP contribution in [0.4, 0.5) is 4.39 Å². The zero-order valence-electron chi connectivity index (χ0n) is 9.48. The van der Waals surface area contributed by atoms with E-state index in [0.29, 0.717) is 11.1 Å². The molecular weight excluding hydrogens is 229 g/mol. The quantitative estimate of drug-likeness (QED) is 0.762. The van der Waals surface area contributed by atoms with Gasteiger partial charge in [0.05, 0.1) is 11.1 Å². The fourth-order valence-corrected chi connectivity index (χ4v) is 1.50. The van der Waals surface area contributed by atoms with Crippen LogP contribution in [0.25, 0.3) is 0 Å². The van der Waals surface area contributed by atoms with Gasteiger partial charge in [0, 0.05) is 5.56 Å². The number of primary amides is 1. The first-order valence-electron chi connectivity index (χ1n) is 5.34. The molecule has 0 aliphatic rings. The van der Waals surface area contributed by atoms with Gasteiger partial charge < -0.3 is 5.73 Å². The number of benzene rings is 2. The van der Waals surface area contributed by atoms with Gasteiger partial charge in [-0.05, 0) is 24.3 Å². The Kier molecular flexibility index (Phi) is 3.40. The number of rotatable bonds is 1. The van der Waals surface area contributed by atoms with Crippen LogP contribution in [0.2, 0.25) is 0 Å². The van der Waals surface area contributed by atoms with Gasteiger partial charge in [0.1, 0.15) is 5.82 Å². The molecule has 0 fully saturated rings. The van der Waals surface area contributed by atoms with E-state index in [-0.39, 0.29) is 11.4 Å². The van der Waals surface area contributed by atoms with Crippen molar-refractivity contribution in [2.24, 2.45) is 5.73 Å². The predicted molar refractivity (Wildman–Crippen MR) is 67.3 cm³/mol. The topological polar surface area (TPSA) is 43.1 Å². The molecule has 2 aromatic carbocycles. The Balaban J connectivity index is 2.42. The van der Waals surface area contributed by atoms with Gasteiger partial charge in [0.15, 0.2) is 0 Å². The van der Waals surface area contributed by atoms with Crippen molar-refractivity contribution in [3.8, 4) is 11.8 Å². The molecule has 0 spiro atoms. The maximum atomic E-state index is 13.4. The highest BCUT2D eigenvalue weighted by Crippen LogP contribution is 2.08. The van der Waals surface area contributed by atoms with Crippen molar-refractivity contribution in [2.45, 2.75) is 0 Å². The monoisotopic (exact) mass is 239 g/mol. The fourth-order valence-electron chi connectivity index (χ4n) is 1.50. The number of hydrogen-bond acceptors (Lipinski definition) is 1. The summed E-state index contributed by atoms with van der Waals surface area (Å²) in [5, 5.41) is 0. The first-order chi connectivity index (χ1) is 8.68. The van der Waals surface area contributed by atoms with E-state index in [1.54, 1.807) is 42.5 Å². The van der Waals surface area contributed by atoms with E-state index in [4.69, 9.17) is 5.73 Å². The zero-order chi connectivity index (χ0) is 13.0. The molecule has 0 heterocycles. The Morgan fingerprint density at radius 1 is 0.944 bits per heavy atom. The number of halogens is 1. The Bertz CT molecular complexity index is 653. The van der Waals surface area contributed by atoms with Gasteiger partial charge in [-0.1, -0.05) is 36.1 Å². The molecule has 2 rings (SSSR count). The van der Waals surface area contributed by atoms with E-state index in [2.05, 4.69) is 11.8 Å². The number of nitrogens with two attached hydrogens (primary N) is 1. The first-order valence-corrected chi connectivity index (χ1v) is 5.34. The second-order valence-corrected chi connectivity index (χ2v) is 3.64. The van der Waals surface area contributed by atoms with Gasteiger partial charge in [-0.15, -0.1) is 0 Å². The lowest BCUT2D eigenvalue weighted by Gasteiger charge is -1.98. The van der Waals surface area contributed by atoms with Crippen LogP contribution in [0, 0.1) is 17.7 Å². The molecule has 0 radical (unpaired) electrons. The summed E-state index contributed by atoms with van der Waals surface area (Å²) in [5.74, 6) is 4.52. The minimum Gasteiger partial charge on any atom is -0.366 e. The Morgan fingerprint density at radius 2 is 1.50 bits per heavy atom. The van der Waals surface area contributed by atoms with Crippen molar-refractivity contribution in [3.63, 3.8) is 0 Å². The maximum Gasteiger partial charge on any atom is 0.249 e. The fraction of sp³-hybridized carbons (Fsp3) is 0. The SMILES string of the molecule is NC(=O)c1ccccc1C#Cc1ccccc1F. The van der Waals surface area contributed by atoms with Crippen molar-refractivity contribution in [2.75, 3.05) is 0 Å². The summed E-state index contributed by atoms with van der Waals surface area (Å²) >= 11 is 0. The highest BCUT2D eigenvalue weighted by Gasteiger charge is 2.04. The normalized spacial score (nSPS) is 9.39. The van der Waals surface area contributed by atoms with E-state index in [0.717, 1.165) is 0 Å².